The largest absolute Gasteiger partial charge is 0.492 e. The van der Waals surface area contributed by atoms with Crippen molar-refractivity contribution in [1.82, 2.24) is 4.90 Å². The zero-order valence-electron chi connectivity index (χ0n) is 12.2. The second kappa shape index (κ2) is 7.23. The maximum atomic E-state index is 12.8. The smallest absolute Gasteiger partial charge is 0.293 e. The summed E-state index contributed by atoms with van der Waals surface area (Å²) in [6.45, 7) is 0.241. The Morgan fingerprint density at radius 2 is 1.96 bits per heavy atom. The van der Waals surface area contributed by atoms with E-state index in [1.807, 2.05) is 0 Å². The van der Waals surface area contributed by atoms with E-state index in [0.717, 1.165) is 16.7 Å². The molecule has 0 radical (unpaired) electrons. The Morgan fingerprint density at radius 1 is 1.21 bits per heavy atom. The normalized spacial score (nSPS) is 16.2. The molecule has 0 N–H and O–H groups in total. The van der Waals surface area contributed by atoms with Crippen molar-refractivity contribution >= 4 is 44.9 Å². The van der Waals surface area contributed by atoms with Crippen LogP contribution in [0.2, 0.25) is 0 Å². The lowest BCUT2D eigenvalue weighted by molar-refractivity contribution is -0.123. The molecular formula is C16H11BrFNO4S. The third kappa shape index (κ3) is 3.88. The fourth-order valence-electron chi connectivity index (χ4n) is 2.01. The second-order valence-corrected chi connectivity index (χ2v) is 6.55. The highest BCUT2D eigenvalue weighted by molar-refractivity contribution is 9.10. The number of carbonyl (C=O) groups excluding carboxylic acids is 2. The Balaban J connectivity index is 1.60. The Kier molecular flexibility index (Phi) is 5.06. The maximum absolute atomic E-state index is 12.8. The summed E-state index contributed by atoms with van der Waals surface area (Å²) in [5.74, 6) is 0.206. The van der Waals surface area contributed by atoms with Crippen molar-refractivity contribution < 1.29 is 23.1 Å². The fraction of sp³-hybridized carbons (Fsp3) is 0.125. The van der Waals surface area contributed by atoms with Gasteiger partial charge in [0.25, 0.3) is 11.1 Å². The van der Waals surface area contributed by atoms with Crippen molar-refractivity contribution in [3.8, 4) is 5.75 Å². The Morgan fingerprint density at radius 3 is 2.62 bits per heavy atom. The highest BCUT2D eigenvalue weighted by atomic mass is 79.9. The molecule has 5 nitrogen and oxygen atoms in total. The third-order valence-electron chi connectivity index (χ3n) is 3.14. The Hall–Kier alpha value is -2.06. The number of halogens is 2. The molecule has 8 heteroatoms. The van der Waals surface area contributed by atoms with Gasteiger partial charge in [-0.2, -0.15) is 0 Å². The fourth-order valence-corrected chi connectivity index (χ4v) is 3.18. The van der Waals surface area contributed by atoms with E-state index in [0.29, 0.717) is 21.1 Å². The van der Waals surface area contributed by atoms with Crippen LogP contribution in [0.3, 0.4) is 0 Å². The van der Waals surface area contributed by atoms with Crippen LogP contribution in [0.25, 0.3) is 6.08 Å². The minimum Gasteiger partial charge on any atom is -0.492 e. The van der Waals surface area contributed by atoms with Crippen LogP contribution < -0.4 is 4.74 Å². The van der Waals surface area contributed by atoms with Gasteiger partial charge < -0.3 is 9.15 Å². The standard InChI is InChI=1S/C16H11BrFNO4S/c17-14-6-5-12(23-14)9-13-15(20)19(16(21)24-13)7-8-22-11-3-1-10(18)2-4-11/h1-6,9H,7-8H2/b13-9-. The molecule has 1 aliphatic rings. The predicted octanol–water partition coefficient (Wildman–Crippen LogP) is 4.30. The molecule has 1 fully saturated rings. The van der Waals surface area contributed by atoms with Gasteiger partial charge in [0, 0.05) is 6.08 Å². The zero-order chi connectivity index (χ0) is 17.1. The number of nitrogens with zero attached hydrogens (tertiary/aromatic N) is 1. The minimum atomic E-state index is -0.389. The number of thioether (sulfide) groups is 1. The highest BCUT2D eigenvalue weighted by Crippen LogP contribution is 2.32. The number of furan rings is 1. The number of hydrogen-bond acceptors (Lipinski definition) is 5. The molecule has 0 aliphatic carbocycles. The van der Waals surface area contributed by atoms with E-state index in [2.05, 4.69) is 15.9 Å². The first kappa shape index (κ1) is 16.8. The lowest BCUT2D eigenvalue weighted by atomic mass is 10.3. The van der Waals surface area contributed by atoms with Gasteiger partial charge in [0.2, 0.25) is 0 Å². The van der Waals surface area contributed by atoms with Gasteiger partial charge in [-0.25, -0.2) is 4.39 Å². The maximum Gasteiger partial charge on any atom is 0.293 e. The zero-order valence-corrected chi connectivity index (χ0v) is 14.6. The summed E-state index contributed by atoms with van der Waals surface area (Å²) in [7, 11) is 0. The lowest BCUT2D eigenvalue weighted by Gasteiger charge is -2.13. The third-order valence-corrected chi connectivity index (χ3v) is 4.47. The molecule has 3 rings (SSSR count). The Labute approximate surface area is 149 Å². The molecule has 1 aromatic heterocycles. The average Bonchev–Trinajstić information content (AvgIpc) is 3.07. The monoisotopic (exact) mass is 411 g/mol. The highest BCUT2D eigenvalue weighted by Gasteiger charge is 2.35. The van der Waals surface area contributed by atoms with Crippen LogP contribution in [0.15, 0.2) is 50.4 Å². The molecule has 1 aliphatic heterocycles. The van der Waals surface area contributed by atoms with Crippen molar-refractivity contribution in [1.29, 1.82) is 0 Å². The molecule has 0 bridgehead atoms. The van der Waals surface area contributed by atoms with E-state index in [1.165, 1.54) is 30.3 Å². The van der Waals surface area contributed by atoms with Gasteiger partial charge in [-0.1, -0.05) is 0 Å². The van der Waals surface area contributed by atoms with Crippen LogP contribution in [-0.4, -0.2) is 29.2 Å². The molecule has 0 spiro atoms. The van der Waals surface area contributed by atoms with Crippen LogP contribution in [0, 0.1) is 5.82 Å². The van der Waals surface area contributed by atoms with Crippen molar-refractivity contribution in [2.75, 3.05) is 13.2 Å². The van der Waals surface area contributed by atoms with E-state index in [9.17, 15) is 14.0 Å². The van der Waals surface area contributed by atoms with Crippen LogP contribution in [0.4, 0.5) is 9.18 Å². The summed E-state index contributed by atoms with van der Waals surface area (Å²) >= 11 is 4.03. The van der Waals surface area contributed by atoms with E-state index < -0.39 is 0 Å². The number of carbonyl (C=O) groups is 2. The molecule has 124 valence electrons. The van der Waals surface area contributed by atoms with Crippen LogP contribution >= 0.6 is 27.7 Å². The number of rotatable bonds is 5. The van der Waals surface area contributed by atoms with E-state index in [-0.39, 0.29) is 30.1 Å². The van der Waals surface area contributed by atoms with Crippen molar-refractivity contribution in [2.24, 2.45) is 0 Å². The van der Waals surface area contributed by atoms with Gasteiger partial charge in [0.15, 0.2) is 4.67 Å². The summed E-state index contributed by atoms with van der Waals surface area (Å²) in [5.41, 5.74) is 0. The van der Waals surface area contributed by atoms with Crippen molar-refractivity contribution in [2.45, 2.75) is 0 Å². The molecule has 2 heterocycles. The topological polar surface area (TPSA) is 59.8 Å². The number of amides is 2. The number of benzene rings is 1. The van der Waals surface area contributed by atoms with Gasteiger partial charge in [-0.3, -0.25) is 14.5 Å². The van der Waals surface area contributed by atoms with E-state index in [4.69, 9.17) is 9.15 Å². The molecule has 2 aromatic rings. The summed E-state index contributed by atoms with van der Waals surface area (Å²) in [5, 5.41) is -0.362. The van der Waals surface area contributed by atoms with Crippen molar-refractivity contribution in [3.05, 3.63) is 57.6 Å². The second-order valence-electron chi connectivity index (χ2n) is 4.78. The molecule has 0 unspecified atom stereocenters. The number of hydrogen-bond donors (Lipinski definition) is 0. The van der Waals surface area contributed by atoms with Crippen LogP contribution in [0.5, 0.6) is 5.75 Å². The van der Waals surface area contributed by atoms with Gasteiger partial charge in [0.05, 0.1) is 11.4 Å². The first-order chi connectivity index (χ1) is 11.5. The summed E-state index contributed by atoms with van der Waals surface area (Å²) in [6.07, 6.45) is 1.52. The minimum absolute atomic E-state index is 0.112. The summed E-state index contributed by atoms with van der Waals surface area (Å²) in [6, 6.07) is 8.91. The average molecular weight is 412 g/mol. The van der Waals surface area contributed by atoms with E-state index >= 15 is 0 Å². The Bertz CT molecular complexity index is 803. The number of imide groups is 1. The van der Waals surface area contributed by atoms with Gasteiger partial charge >= 0.3 is 0 Å². The molecule has 24 heavy (non-hydrogen) atoms. The molecule has 0 saturated carbocycles. The van der Waals surface area contributed by atoms with Gasteiger partial charge in [-0.15, -0.1) is 0 Å². The summed E-state index contributed by atoms with van der Waals surface area (Å²) < 4.78 is 24.1. The molecule has 0 atom stereocenters. The molecular weight excluding hydrogens is 401 g/mol. The van der Waals surface area contributed by atoms with Gasteiger partial charge in [0.1, 0.15) is 23.9 Å². The summed E-state index contributed by atoms with van der Waals surface area (Å²) in [4.78, 5) is 25.6. The first-order valence-corrected chi connectivity index (χ1v) is 8.53. The lowest BCUT2D eigenvalue weighted by Crippen LogP contribution is -2.32. The number of ether oxygens (including phenoxy) is 1. The van der Waals surface area contributed by atoms with Crippen LogP contribution in [0.1, 0.15) is 5.76 Å². The quantitative estimate of drug-likeness (QED) is 0.686. The molecule has 1 aromatic carbocycles. The predicted molar refractivity (Wildman–Crippen MR) is 91.0 cm³/mol. The van der Waals surface area contributed by atoms with Crippen molar-refractivity contribution in [3.63, 3.8) is 0 Å². The molecule has 2 amide bonds. The first-order valence-electron chi connectivity index (χ1n) is 6.92. The van der Waals surface area contributed by atoms with Gasteiger partial charge in [-0.05, 0) is 64.1 Å². The molecule has 1 saturated heterocycles. The van der Waals surface area contributed by atoms with E-state index in [1.54, 1.807) is 12.1 Å². The SMILES string of the molecule is O=C1S/C(=C\c2ccc(Br)o2)C(=O)N1CCOc1ccc(F)cc1. The van der Waals surface area contributed by atoms with Crippen LogP contribution in [-0.2, 0) is 4.79 Å².